The zero-order valence-corrected chi connectivity index (χ0v) is 16.0. The molecule has 5 nitrogen and oxygen atoms in total. The Morgan fingerprint density at radius 3 is 2.23 bits per heavy atom. The van der Waals surface area contributed by atoms with Crippen molar-refractivity contribution >= 4 is 23.4 Å². The first-order chi connectivity index (χ1) is 12.1. The molecule has 5 heteroatoms. The number of nitrogens with one attached hydrogen (secondary N) is 2. The van der Waals surface area contributed by atoms with E-state index >= 15 is 0 Å². The molecule has 138 valence electrons. The Kier molecular flexibility index (Phi) is 6.03. The van der Waals surface area contributed by atoms with Crippen LogP contribution >= 0.6 is 0 Å². The van der Waals surface area contributed by atoms with E-state index in [2.05, 4.69) is 10.6 Å². The summed E-state index contributed by atoms with van der Waals surface area (Å²) in [5.41, 5.74) is 3.98. The Hall–Kier alpha value is -2.82. The van der Waals surface area contributed by atoms with Gasteiger partial charge in [0.15, 0.2) is 0 Å². The van der Waals surface area contributed by atoms with Crippen molar-refractivity contribution in [1.29, 1.82) is 0 Å². The van der Waals surface area contributed by atoms with Crippen LogP contribution in [0.5, 0.6) is 0 Å². The van der Waals surface area contributed by atoms with E-state index in [0.717, 1.165) is 22.4 Å². The summed E-state index contributed by atoms with van der Waals surface area (Å²) in [5.74, 6) is -0.0773. The number of ether oxygens (including phenoxy) is 1. The Balaban J connectivity index is 1.93. The Morgan fingerprint density at radius 1 is 0.962 bits per heavy atom. The first-order valence-corrected chi connectivity index (χ1v) is 8.59. The smallest absolute Gasteiger partial charge is 0.412 e. The summed E-state index contributed by atoms with van der Waals surface area (Å²) in [4.78, 5) is 24.0. The number of carbonyl (C=O) groups is 2. The second-order valence-electron chi connectivity index (χ2n) is 7.30. The molecule has 0 radical (unpaired) electrons. The second kappa shape index (κ2) is 8.04. The van der Waals surface area contributed by atoms with Crippen molar-refractivity contribution in [2.75, 3.05) is 10.6 Å². The van der Waals surface area contributed by atoms with E-state index in [4.69, 9.17) is 4.74 Å². The van der Waals surface area contributed by atoms with Gasteiger partial charge in [-0.1, -0.05) is 24.3 Å². The standard InChI is InChI=1S/C21H26N2O3/c1-14-7-6-8-18(15(14)2)23-19(24)13-16-9-11-17(12-10-16)22-20(25)26-21(3,4)5/h6-12H,13H2,1-5H3,(H,22,25)(H,23,24). The van der Waals surface area contributed by atoms with Crippen LogP contribution in [0.15, 0.2) is 42.5 Å². The molecule has 2 amide bonds. The number of benzene rings is 2. The van der Waals surface area contributed by atoms with Gasteiger partial charge in [-0.3, -0.25) is 10.1 Å². The van der Waals surface area contributed by atoms with Gasteiger partial charge in [0.05, 0.1) is 6.42 Å². The Bertz CT molecular complexity index is 790. The number of hydrogen-bond acceptors (Lipinski definition) is 3. The summed E-state index contributed by atoms with van der Waals surface area (Å²) in [7, 11) is 0. The predicted molar refractivity (Wildman–Crippen MR) is 105 cm³/mol. The van der Waals surface area contributed by atoms with Crippen molar-refractivity contribution in [3.8, 4) is 0 Å². The first kappa shape index (κ1) is 19.5. The maximum absolute atomic E-state index is 12.3. The summed E-state index contributed by atoms with van der Waals surface area (Å²) >= 11 is 0. The molecule has 2 aromatic carbocycles. The van der Waals surface area contributed by atoms with Gasteiger partial charge in [0.1, 0.15) is 5.60 Å². The molecule has 26 heavy (non-hydrogen) atoms. The molecule has 0 aliphatic heterocycles. The van der Waals surface area contributed by atoms with Crippen LogP contribution in [0.25, 0.3) is 0 Å². The zero-order valence-electron chi connectivity index (χ0n) is 16.0. The summed E-state index contributed by atoms with van der Waals surface area (Å²) in [6.45, 7) is 9.43. The quantitative estimate of drug-likeness (QED) is 0.826. The first-order valence-electron chi connectivity index (χ1n) is 8.59. The third kappa shape index (κ3) is 5.92. The summed E-state index contributed by atoms with van der Waals surface area (Å²) in [6.07, 6.45) is -0.238. The van der Waals surface area contributed by atoms with Gasteiger partial charge in [0, 0.05) is 11.4 Å². The SMILES string of the molecule is Cc1cccc(NC(=O)Cc2ccc(NC(=O)OC(C)(C)C)cc2)c1C. The van der Waals surface area contributed by atoms with Gasteiger partial charge in [0.25, 0.3) is 0 Å². The van der Waals surface area contributed by atoms with Gasteiger partial charge < -0.3 is 10.1 Å². The molecule has 0 aromatic heterocycles. The molecule has 0 saturated carbocycles. The fraction of sp³-hybridized carbons (Fsp3) is 0.333. The monoisotopic (exact) mass is 354 g/mol. The van der Waals surface area contributed by atoms with E-state index in [1.807, 2.05) is 65.0 Å². The highest BCUT2D eigenvalue weighted by Crippen LogP contribution is 2.19. The number of carbonyl (C=O) groups excluding carboxylic acids is 2. The molecule has 0 aliphatic carbocycles. The summed E-state index contributed by atoms with van der Waals surface area (Å²) < 4.78 is 5.21. The van der Waals surface area contributed by atoms with Crippen LogP contribution in [-0.4, -0.2) is 17.6 Å². The van der Waals surface area contributed by atoms with Gasteiger partial charge in [-0.25, -0.2) is 4.79 Å². The van der Waals surface area contributed by atoms with Crippen molar-refractivity contribution in [3.05, 3.63) is 59.2 Å². The maximum Gasteiger partial charge on any atom is 0.412 e. The molecule has 0 aliphatic rings. The number of aryl methyl sites for hydroxylation is 1. The second-order valence-corrected chi connectivity index (χ2v) is 7.30. The van der Waals surface area contributed by atoms with Crippen molar-refractivity contribution in [1.82, 2.24) is 0 Å². The highest BCUT2D eigenvalue weighted by atomic mass is 16.6. The van der Waals surface area contributed by atoms with E-state index in [1.165, 1.54) is 0 Å². The van der Waals surface area contributed by atoms with Crippen LogP contribution in [0.3, 0.4) is 0 Å². The summed E-state index contributed by atoms with van der Waals surface area (Å²) in [6, 6.07) is 13.0. The normalized spacial score (nSPS) is 11.0. The molecule has 0 fully saturated rings. The zero-order chi connectivity index (χ0) is 19.3. The van der Waals surface area contributed by atoms with Crippen molar-refractivity contribution in [2.45, 2.75) is 46.6 Å². The predicted octanol–water partition coefficient (Wildman–Crippen LogP) is 4.83. The maximum atomic E-state index is 12.3. The number of hydrogen-bond donors (Lipinski definition) is 2. The van der Waals surface area contributed by atoms with Crippen LogP contribution in [0.2, 0.25) is 0 Å². The third-order valence-electron chi connectivity index (χ3n) is 3.84. The molecule has 2 N–H and O–H groups in total. The lowest BCUT2D eigenvalue weighted by molar-refractivity contribution is -0.115. The summed E-state index contributed by atoms with van der Waals surface area (Å²) in [5, 5.41) is 5.61. The fourth-order valence-corrected chi connectivity index (χ4v) is 2.39. The average molecular weight is 354 g/mol. The number of rotatable bonds is 4. The molecule has 0 saturated heterocycles. The van der Waals surface area contributed by atoms with Gasteiger partial charge in [-0.2, -0.15) is 0 Å². The van der Waals surface area contributed by atoms with Gasteiger partial charge in [0.2, 0.25) is 5.91 Å². The average Bonchev–Trinajstić information content (AvgIpc) is 2.52. The largest absolute Gasteiger partial charge is 0.444 e. The number of anilines is 2. The lowest BCUT2D eigenvalue weighted by atomic mass is 10.1. The molecule has 0 unspecified atom stereocenters. The van der Waals surface area contributed by atoms with Crippen LogP contribution in [-0.2, 0) is 16.0 Å². The molecule has 2 rings (SSSR count). The Labute approximate surface area is 154 Å². The van der Waals surface area contributed by atoms with Crippen LogP contribution in [0.4, 0.5) is 16.2 Å². The van der Waals surface area contributed by atoms with Gasteiger partial charge in [-0.05, 0) is 69.5 Å². The fourth-order valence-electron chi connectivity index (χ4n) is 2.39. The van der Waals surface area contributed by atoms with Crippen molar-refractivity contribution in [3.63, 3.8) is 0 Å². The van der Waals surface area contributed by atoms with Gasteiger partial charge >= 0.3 is 6.09 Å². The van der Waals surface area contributed by atoms with Crippen molar-refractivity contribution < 1.29 is 14.3 Å². The lowest BCUT2D eigenvalue weighted by Gasteiger charge is -2.19. The molecule has 0 atom stereocenters. The van der Waals surface area contributed by atoms with Crippen LogP contribution < -0.4 is 10.6 Å². The van der Waals surface area contributed by atoms with Crippen molar-refractivity contribution in [2.24, 2.45) is 0 Å². The van der Waals surface area contributed by atoms with Crippen LogP contribution in [0, 0.1) is 13.8 Å². The minimum atomic E-state index is -0.546. The molecule has 0 heterocycles. The topological polar surface area (TPSA) is 67.4 Å². The van der Waals surface area contributed by atoms with E-state index in [9.17, 15) is 9.59 Å². The molecule has 2 aromatic rings. The molecular formula is C21H26N2O3. The van der Waals surface area contributed by atoms with Gasteiger partial charge in [-0.15, -0.1) is 0 Å². The third-order valence-corrected chi connectivity index (χ3v) is 3.84. The minimum absolute atomic E-state index is 0.0773. The van der Waals surface area contributed by atoms with E-state index in [-0.39, 0.29) is 12.3 Å². The lowest BCUT2D eigenvalue weighted by Crippen LogP contribution is -2.27. The van der Waals surface area contributed by atoms with E-state index in [0.29, 0.717) is 5.69 Å². The van der Waals surface area contributed by atoms with Crippen LogP contribution in [0.1, 0.15) is 37.5 Å². The van der Waals surface area contributed by atoms with E-state index < -0.39 is 11.7 Å². The highest BCUT2D eigenvalue weighted by Gasteiger charge is 2.16. The molecule has 0 bridgehead atoms. The minimum Gasteiger partial charge on any atom is -0.444 e. The number of amides is 2. The van der Waals surface area contributed by atoms with E-state index in [1.54, 1.807) is 12.1 Å². The Morgan fingerprint density at radius 2 is 1.62 bits per heavy atom. The molecular weight excluding hydrogens is 328 g/mol. The molecule has 0 spiro atoms. The highest BCUT2D eigenvalue weighted by molar-refractivity contribution is 5.93.